The van der Waals surface area contributed by atoms with E-state index in [9.17, 15) is 15.3 Å². The van der Waals surface area contributed by atoms with Crippen molar-refractivity contribution in [2.45, 2.75) is 12.5 Å². The first-order valence-electron chi connectivity index (χ1n) is 4.61. The molecule has 0 amide bonds. The van der Waals surface area contributed by atoms with Crippen LogP contribution in [0.5, 0.6) is 5.75 Å². The van der Waals surface area contributed by atoms with Crippen molar-refractivity contribution in [3.63, 3.8) is 0 Å². The first kappa shape index (κ1) is 11.7. The van der Waals surface area contributed by atoms with E-state index in [0.717, 1.165) is 0 Å². The first-order valence-corrected chi connectivity index (χ1v) is 4.61. The molecule has 0 aliphatic carbocycles. The minimum absolute atomic E-state index is 0.0837. The van der Waals surface area contributed by atoms with E-state index in [4.69, 9.17) is 0 Å². The molecule has 0 bridgehead atoms. The number of rotatable bonds is 4. The van der Waals surface area contributed by atoms with Crippen molar-refractivity contribution >= 4 is 6.21 Å². The molecule has 0 radical (unpaired) electrons. The van der Waals surface area contributed by atoms with Gasteiger partial charge in [-0.25, -0.2) is 0 Å². The summed E-state index contributed by atoms with van der Waals surface area (Å²) < 4.78 is 0. The summed E-state index contributed by atoms with van der Waals surface area (Å²) in [5, 5.41) is 30.8. The molecule has 1 rings (SSSR count). The molecule has 0 heterocycles. The predicted octanol–water partition coefficient (Wildman–Crippen LogP) is -0.710. The molecule has 0 saturated heterocycles. The molecule has 0 spiro atoms. The van der Waals surface area contributed by atoms with Crippen LogP contribution in [0.1, 0.15) is 12.5 Å². The zero-order valence-electron chi connectivity index (χ0n) is 8.51. The summed E-state index contributed by atoms with van der Waals surface area (Å²) in [5.41, 5.74) is -0.618. The lowest BCUT2D eigenvalue weighted by molar-refractivity contribution is -0.423. The van der Waals surface area contributed by atoms with E-state index in [1.54, 1.807) is 18.2 Å². The smallest absolute Gasteiger partial charge is 0.124 e. The van der Waals surface area contributed by atoms with Crippen molar-refractivity contribution in [3.8, 4) is 5.75 Å². The van der Waals surface area contributed by atoms with Gasteiger partial charge in [0, 0.05) is 17.3 Å². The van der Waals surface area contributed by atoms with Crippen molar-refractivity contribution < 1.29 is 15.3 Å². The molecule has 0 saturated carbocycles. The van der Waals surface area contributed by atoms with Crippen LogP contribution in [-0.2, 0) is 0 Å². The average Bonchev–Trinajstić information content (AvgIpc) is 2.28. The van der Waals surface area contributed by atoms with Crippen LogP contribution in [0.3, 0.4) is 0 Å². The molecule has 0 aromatic heterocycles. The van der Waals surface area contributed by atoms with Crippen LogP contribution < -0.4 is 10.2 Å². The number of phenolic OH excluding ortho intramolecular Hbond substituents is 1. The first-order chi connectivity index (χ1) is 7.11. The quantitative estimate of drug-likeness (QED) is 0.662. The monoisotopic (exact) mass is 207 g/mol. The zero-order valence-corrected chi connectivity index (χ0v) is 8.51. The van der Waals surface area contributed by atoms with Gasteiger partial charge in [0.05, 0.1) is 0 Å². The Morgan fingerprint density at radius 1 is 1.33 bits per heavy atom. The Bertz CT molecular complexity index is 345. The van der Waals surface area contributed by atoms with Crippen LogP contribution >= 0.6 is 0 Å². The van der Waals surface area contributed by atoms with E-state index >= 15 is 0 Å². The van der Waals surface area contributed by atoms with E-state index in [-0.39, 0.29) is 5.75 Å². The van der Waals surface area contributed by atoms with E-state index in [1.165, 1.54) is 19.2 Å². The highest BCUT2D eigenvalue weighted by Gasteiger charge is 2.09. The molecule has 0 aliphatic heterocycles. The second kappa shape index (κ2) is 4.91. The van der Waals surface area contributed by atoms with Gasteiger partial charge in [0.1, 0.15) is 5.75 Å². The maximum Gasteiger partial charge on any atom is 0.124 e. The average molecular weight is 207 g/mol. The molecule has 0 atom stereocenters. The van der Waals surface area contributed by atoms with E-state index in [0.29, 0.717) is 5.56 Å². The van der Waals surface area contributed by atoms with Gasteiger partial charge in [-0.1, -0.05) is 12.1 Å². The van der Waals surface area contributed by atoms with Crippen LogP contribution in [0, 0.1) is 0 Å². The Morgan fingerprint density at radius 3 is 2.47 bits per heavy atom. The molecular formula is C11H13NO3-2. The number of aliphatic imine (C=N–C) groups is 1. The highest BCUT2D eigenvalue weighted by molar-refractivity contribution is 5.83. The summed E-state index contributed by atoms with van der Waals surface area (Å²) in [6.07, 6.45) is 1.37. The fourth-order valence-electron chi connectivity index (χ4n) is 0.938. The van der Waals surface area contributed by atoms with Gasteiger partial charge in [-0.05, 0) is 19.1 Å². The minimum Gasteiger partial charge on any atom is -0.853 e. The summed E-state index contributed by atoms with van der Waals surface area (Å²) in [5.74, 6) is 0.0837. The van der Waals surface area contributed by atoms with Crippen molar-refractivity contribution in [2.24, 2.45) is 4.99 Å². The second-order valence-corrected chi connectivity index (χ2v) is 3.60. The predicted molar refractivity (Wildman–Crippen MR) is 53.8 cm³/mol. The molecule has 82 valence electrons. The van der Waals surface area contributed by atoms with Gasteiger partial charge in [-0.3, -0.25) is 4.99 Å². The van der Waals surface area contributed by atoms with Crippen LogP contribution in [0.4, 0.5) is 0 Å². The number of hydrogen-bond acceptors (Lipinski definition) is 4. The lowest BCUT2D eigenvalue weighted by atomic mass is 10.1. The van der Waals surface area contributed by atoms with Crippen molar-refractivity contribution in [2.75, 3.05) is 13.2 Å². The summed E-state index contributed by atoms with van der Waals surface area (Å²) in [6, 6.07) is 6.61. The zero-order chi connectivity index (χ0) is 11.3. The second-order valence-electron chi connectivity index (χ2n) is 3.60. The molecule has 0 unspecified atom stereocenters. The molecular weight excluding hydrogens is 194 g/mol. The molecule has 1 aromatic rings. The third-order valence-electron chi connectivity index (χ3n) is 2.07. The van der Waals surface area contributed by atoms with Crippen LogP contribution in [0.2, 0.25) is 0 Å². The maximum absolute atomic E-state index is 10.7. The van der Waals surface area contributed by atoms with Gasteiger partial charge < -0.3 is 15.3 Å². The van der Waals surface area contributed by atoms with Gasteiger partial charge in [-0.15, -0.1) is 13.2 Å². The molecule has 1 aromatic carbocycles. The van der Waals surface area contributed by atoms with E-state index in [1.807, 2.05) is 0 Å². The number of aromatic hydroxyl groups is 1. The molecule has 0 aliphatic rings. The molecule has 1 N–H and O–H groups in total. The molecule has 4 nitrogen and oxygen atoms in total. The van der Waals surface area contributed by atoms with E-state index < -0.39 is 18.8 Å². The van der Waals surface area contributed by atoms with Crippen LogP contribution in [-0.4, -0.2) is 30.1 Å². The Kier molecular flexibility index (Phi) is 3.82. The fourth-order valence-corrected chi connectivity index (χ4v) is 0.938. The molecule has 15 heavy (non-hydrogen) atoms. The SMILES string of the molecule is CC(C[O-])(C[O-])N=Cc1ccccc1O. The number of para-hydroxylation sites is 1. The minimum atomic E-state index is -1.12. The molecule has 0 fully saturated rings. The Balaban J connectivity index is 2.86. The highest BCUT2D eigenvalue weighted by Crippen LogP contribution is 2.14. The van der Waals surface area contributed by atoms with Gasteiger partial charge in [0.25, 0.3) is 0 Å². The normalized spacial score (nSPS) is 12.2. The van der Waals surface area contributed by atoms with Crippen LogP contribution in [0.25, 0.3) is 0 Å². The summed E-state index contributed by atoms with van der Waals surface area (Å²) in [6.45, 7) is 0.394. The standard InChI is InChI=1S/C11H13NO3/c1-11(7-13,8-14)12-6-9-4-2-3-5-10(9)15/h2-6,15H,7-8H2,1H3/q-2. The third kappa shape index (κ3) is 3.04. The number of hydrogen-bond donors (Lipinski definition) is 1. The third-order valence-corrected chi connectivity index (χ3v) is 2.07. The Morgan fingerprint density at radius 2 is 1.93 bits per heavy atom. The van der Waals surface area contributed by atoms with Gasteiger partial charge >= 0.3 is 0 Å². The fraction of sp³-hybridized carbons (Fsp3) is 0.364. The van der Waals surface area contributed by atoms with Gasteiger partial charge in [-0.2, -0.15) is 0 Å². The van der Waals surface area contributed by atoms with Crippen molar-refractivity contribution in [3.05, 3.63) is 29.8 Å². The lowest BCUT2D eigenvalue weighted by Gasteiger charge is -2.31. The Hall–Kier alpha value is -1.39. The topological polar surface area (TPSA) is 78.7 Å². The number of benzene rings is 1. The number of nitrogens with zero attached hydrogens (tertiary/aromatic N) is 1. The number of phenols is 1. The summed E-state index contributed by atoms with van der Waals surface area (Å²) in [7, 11) is 0. The van der Waals surface area contributed by atoms with E-state index in [2.05, 4.69) is 4.99 Å². The highest BCUT2D eigenvalue weighted by atomic mass is 16.3. The van der Waals surface area contributed by atoms with Crippen molar-refractivity contribution in [1.82, 2.24) is 0 Å². The van der Waals surface area contributed by atoms with Crippen LogP contribution in [0.15, 0.2) is 29.3 Å². The summed E-state index contributed by atoms with van der Waals surface area (Å²) >= 11 is 0. The lowest BCUT2D eigenvalue weighted by Crippen LogP contribution is -2.43. The Labute approximate surface area is 88.5 Å². The van der Waals surface area contributed by atoms with Crippen molar-refractivity contribution in [1.29, 1.82) is 0 Å². The largest absolute Gasteiger partial charge is 0.853 e. The molecule has 4 heteroatoms. The maximum atomic E-state index is 10.7. The van der Waals surface area contributed by atoms with Gasteiger partial charge in [0.2, 0.25) is 0 Å². The summed E-state index contributed by atoms with van der Waals surface area (Å²) in [4.78, 5) is 3.91. The van der Waals surface area contributed by atoms with Gasteiger partial charge in [0.15, 0.2) is 0 Å².